The standard InChI is InChI=1S/C13H9NO/c1-2-7-14-12(3-1)11-5-4-10-6-8-15-13(10)9-11/h1-9H. The predicted octanol–water partition coefficient (Wildman–Crippen LogP) is 3.49. The topological polar surface area (TPSA) is 26.0 Å². The minimum atomic E-state index is 0.901. The van der Waals surface area contributed by atoms with Crippen LogP contribution < -0.4 is 0 Å². The summed E-state index contributed by atoms with van der Waals surface area (Å²) in [4.78, 5) is 4.30. The monoisotopic (exact) mass is 195 g/mol. The first-order valence-electron chi connectivity index (χ1n) is 4.82. The fourth-order valence-corrected chi connectivity index (χ4v) is 1.65. The van der Waals surface area contributed by atoms with Gasteiger partial charge in [0.05, 0.1) is 12.0 Å². The molecule has 0 N–H and O–H groups in total. The fourth-order valence-electron chi connectivity index (χ4n) is 1.65. The Hall–Kier alpha value is -2.09. The van der Waals surface area contributed by atoms with Crippen LogP contribution in [-0.4, -0.2) is 4.98 Å². The largest absolute Gasteiger partial charge is 0.464 e. The van der Waals surface area contributed by atoms with Crippen LogP contribution in [-0.2, 0) is 0 Å². The van der Waals surface area contributed by atoms with Gasteiger partial charge in [0, 0.05) is 17.1 Å². The van der Waals surface area contributed by atoms with Crippen molar-refractivity contribution >= 4 is 11.0 Å². The van der Waals surface area contributed by atoms with Crippen LogP contribution in [0.3, 0.4) is 0 Å². The van der Waals surface area contributed by atoms with E-state index in [9.17, 15) is 0 Å². The first kappa shape index (κ1) is 8.24. The van der Waals surface area contributed by atoms with Gasteiger partial charge in [-0.15, -0.1) is 0 Å². The molecule has 3 rings (SSSR count). The summed E-state index contributed by atoms with van der Waals surface area (Å²) in [6, 6.07) is 14.0. The molecule has 2 heterocycles. The molecule has 0 amide bonds. The zero-order valence-electron chi connectivity index (χ0n) is 8.05. The van der Waals surface area contributed by atoms with E-state index in [0.717, 1.165) is 22.2 Å². The molecule has 0 bridgehead atoms. The number of nitrogens with zero attached hydrogens (tertiary/aromatic N) is 1. The van der Waals surface area contributed by atoms with E-state index in [1.807, 2.05) is 36.4 Å². The molecule has 2 heteroatoms. The van der Waals surface area contributed by atoms with Crippen molar-refractivity contribution in [3.8, 4) is 11.3 Å². The molecule has 0 atom stereocenters. The fraction of sp³-hybridized carbons (Fsp3) is 0. The Morgan fingerprint density at radius 3 is 2.87 bits per heavy atom. The van der Waals surface area contributed by atoms with Crippen molar-refractivity contribution in [3.63, 3.8) is 0 Å². The normalized spacial score (nSPS) is 10.7. The maximum atomic E-state index is 5.35. The van der Waals surface area contributed by atoms with Gasteiger partial charge in [-0.3, -0.25) is 4.98 Å². The molecule has 2 aromatic heterocycles. The molecule has 0 radical (unpaired) electrons. The Bertz CT molecular complexity index is 584. The van der Waals surface area contributed by atoms with E-state index in [4.69, 9.17) is 4.42 Å². The third-order valence-corrected chi connectivity index (χ3v) is 2.42. The van der Waals surface area contributed by atoms with Crippen molar-refractivity contribution in [1.29, 1.82) is 0 Å². The van der Waals surface area contributed by atoms with Gasteiger partial charge >= 0.3 is 0 Å². The third-order valence-electron chi connectivity index (χ3n) is 2.42. The van der Waals surface area contributed by atoms with Gasteiger partial charge in [-0.25, -0.2) is 0 Å². The van der Waals surface area contributed by atoms with E-state index in [2.05, 4.69) is 11.1 Å². The summed E-state index contributed by atoms with van der Waals surface area (Å²) in [6.45, 7) is 0. The van der Waals surface area contributed by atoms with E-state index in [-0.39, 0.29) is 0 Å². The van der Waals surface area contributed by atoms with Gasteiger partial charge in [-0.2, -0.15) is 0 Å². The van der Waals surface area contributed by atoms with Gasteiger partial charge in [0.1, 0.15) is 5.58 Å². The van der Waals surface area contributed by atoms with E-state index in [1.54, 1.807) is 12.5 Å². The Morgan fingerprint density at radius 1 is 1.00 bits per heavy atom. The van der Waals surface area contributed by atoms with Crippen molar-refractivity contribution in [2.45, 2.75) is 0 Å². The van der Waals surface area contributed by atoms with Crippen molar-refractivity contribution in [3.05, 3.63) is 54.9 Å². The van der Waals surface area contributed by atoms with E-state index in [0.29, 0.717) is 0 Å². The second kappa shape index (κ2) is 3.24. The van der Waals surface area contributed by atoms with Gasteiger partial charge in [0.2, 0.25) is 0 Å². The molecule has 0 saturated heterocycles. The van der Waals surface area contributed by atoms with Gasteiger partial charge in [0.25, 0.3) is 0 Å². The molecule has 15 heavy (non-hydrogen) atoms. The number of furan rings is 1. The SMILES string of the molecule is c1ccc(-c2ccc3ccoc3c2)nc1. The summed E-state index contributed by atoms with van der Waals surface area (Å²) in [6.07, 6.45) is 3.49. The van der Waals surface area contributed by atoms with Gasteiger partial charge in [-0.1, -0.05) is 18.2 Å². The van der Waals surface area contributed by atoms with Crippen molar-refractivity contribution in [1.82, 2.24) is 4.98 Å². The van der Waals surface area contributed by atoms with Crippen LogP contribution in [0.4, 0.5) is 0 Å². The summed E-state index contributed by atoms with van der Waals surface area (Å²) >= 11 is 0. The van der Waals surface area contributed by atoms with Gasteiger partial charge < -0.3 is 4.42 Å². The van der Waals surface area contributed by atoms with Crippen LogP contribution in [0, 0.1) is 0 Å². The van der Waals surface area contributed by atoms with Crippen LogP contribution in [0.2, 0.25) is 0 Å². The highest BCUT2D eigenvalue weighted by Crippen LogP contribution is 2.23. The van der Waals surface area contributed by atoms with E-state index in [1.165, 1.54) is 0 Å². The van der Waals surface area contributed by atoms with Crippen LogP contribution in [0.25, 0.3) is 22.2 Å². The van der Waals surface area contributed by atoms with E-state index >= 15 is 0 Å². The molecular weight excluding hydrogens is 186 g/mol. The Labute approximate surface area is 87.2 Å². The number of aromatic nitrogens is 1. The maximum absolute atomic E-state index is 5.35. The smallest absolute Gasteiger partial charge is 0.134 e. The van der Waals surface area contributed by atoms with Crippen LogP contribution >= 0.6 is 0 Å². The number of hydrogen-bond donors (Lipinski definition) is 0. The van der Waals surface area contributed by atoms with Crippen LogP contribution in [0.1, 0.15) is 0 Å². The molecule has 0 aliphatic carbocycles. The number of pyridine rings is 1. The highest BCUT2D eigenvalue weighted by molar-refractivity contribution is 5.82. The van der Waals surface area contributed by atoms with Crippen LogP contribution in [0.15, 0.2) is 59.3 Å². The average molecular weight is 195 g/mol. The summed E-state index contributed by atoms with van der Waals surface area (Å²) < 4.78 is 5.35. The second-order valence-electron chi connectivity index (χ2n) is 3.39. The number of rotatable bonds is 1. The molecule has 3 aromatic rings. The lowest BCUT2D eigenvalue weighted by Gasteiger charge is -1.99. The Morgan fingerprint density at radius 2 is 2.00 bits per heavy atom. The highest BCUT2D eigenvalue weighted by Gasteiger charge is 2.01. The second-order valence-corrected chi connectivity index (χ2v) is 3.39. The molecule has 0 unspecified atom stereocenters. The number of benzene rings is 1. The number of hydrogen-bond acceptors (Lipinski definition) is 2. The molecule has 0 fully saturated rings. The minimum Gasteiger partial charge on any atom is -0.464 e. The summed E-state index contributed by atoms with van der Waals surface area (Å²) in [7, 11) is 0. The molecule has 0 aliphatic heterocycles. The quantitative estimate of drug-likeness (QED) is 0.594. The molecule has 1 aromatic carbocycles. The Kier molecular flexibility index (Phi) is 1.78. The summed E-state index contributed by atoms with van der Waals surface area (Å²) in [5.41, 5.74) is 2.95. The summed E-state index contributed by atoms with van der Waals surface area (Å²) in [5, 5.41) is 1.12. The molecule has 0 spiro atoms. The molecule has 2 nitrogen and oxygen atoms in total. The highest BCUT2D eigenvalue weighted by atomic mass is 16.3. The predicted molar refractivity (Wildman–Crippen MR) is 59.4 cm³/mol. The zero-order valence-corrected chi connectivity index (χ0v) is 8.05. The lowest BCUT2D eigenvalue weighted by molar-refractivity contribution is 0.616. The first-order chi connectivity index (χ1) is 7.43. The van der Waals surface area contributed by atoms with Crippen molar-refractivity contribution in [2.75, 3.05) is 0 Å². The molecule has 72 valence electrons. The van der Waals surface area contributed by atoms with Crippen LogP contribution in [0.5, 0.6) is 0 Å². The van der Waals surface area contributed by atoms with E-state index < -0.39 is 0 Å². The zero-order chi connectivity index (χ0) is 10.1. The molecule has 0 aliphatic rings. The number of fused-ring (bicyclic) bond motifs is 1. The lowest BCUT2D eigenvalue weighted by atomic mass is 10.1. The lowest BCUT2D eigenvalue weighted by Crippen LogP contribution is -1.80. The van der Waals surface area contributed by atoms with Crippen molar-refractivity contribution < 1.29 is 4.42 Å². The molecule has 0 saturated carbocycles. The first-order valence-corrected chi connectivity index (χ1v) is 4.82. The third kappa shape index (κ3) is 1.40. The summed E-state index contributed by atoms with van der Waals surface area (Å²) in [5.74, 6) is 0. The van der Waals surface area contributed by atoms with Gasteiger partial charge in [-0.05, 0) is 24.3 Å². The Balaban J connectivity index is 2.19. The minimum absolute atomic E-state index is 0.901. The van der Waals surface area contributed by atoms with Crippen molar-refractivity contribution in [2.24, 2.45) is 0 Å². The van der Waals surface area contributed by atoms with Gasteiger partial charge in [0.15, 0.2) is 0 Å². The maximum Gasteiger partial charge on any atom is 0.134 e. The molecular formula is C13H9NO. The average Bonchev–Trinajstić information content (AvgIpc) is 2.77.